The number of halogens is 2. The molecule has 0 spiro atoms. The molecule has 0 amide bonds. The van der Waals surface area contributed by atoms with Gasteiger partial charge < -0.3 is 0 Å². The number of nitrogens with zero attached hydrogens (tertiary/aromatic N) is 2. The fourth-order valence-corrected chi connectivity index (χ4v) is 1.70. The Morgan fingerprint density at radius 3 is 2.85 bits per heavy atom. The number of alkyl halides is 2. The molecule has 2 nitrogen and oxygen atoms in total. The lowest BCUT2D eigenvalue weighted by Crippen LogP contribution is -2.02. The summed E-state index contributed by atoms with van der Waals surface area (Å²) in [7, 11) is 0. The van der Waals surface area contributed by atoms with Crippen molar-refractivity contribution in [3.63, 3.8) is 0 Å². The van der Waals surface area contributed by atoms with Crippen LogP contribution >= 0.6 is 31.9 Å². The highest BCUT2D eigenvalue weighted by Crippen LogP contribution is 2.20. The van der Waals surface area contributed by atoms with Crippen LogP contribution in [-0.4, -0.2) is 15.1 Å². The second-order valence-electron chi connectivity index (χ2n) is 2.76. The van der Waals surface area contributed by atoms with Crippen molar-refractivity contribution in [3.05, 3.63) is 30.5 Å². The van der Waals surface area contributed by atoms with Gasteiger partial charge in [0.1, 0.15) is 4.95 Å². The summed E-state index contributed by atoms with van der Waals surface area (Å²) in [5, 5.41) is 6.45. The highest BCUT2D eigenvalue weighted by Gasteiger charge is 2.06. The Kier molecular flexibility index (Phi) is 2.69. The normalized spacial score (nSPS) is 13.4. The molecule has 13 heavy (non-hydrogen) atoms. The van der Waals surface area contributed by atoms with Crippen molar-refractivity contribution in [2.45, 2.75) is 4.95 Å². The van der Waals surface area contributed by atoms with Gasteiger partial charge in [-0.05, 0) is 6.07 Å². The van der Waals surface area contributed by atoms with Gasteiger partial charge in [-0.3, -0.25) is 4.68 Å². The van der Waals surface area contributed by atoms with Crippen LogP contribution in [0.3, 0.4) is 0 Å². The Morgan fingerprint density at radius 2 is 2.15 bits per heavy atom. The first-order valence-corrected chi connectivity index (χ1v) is 5.99. The second kappa shape index (κ2) is 3.80. The van der Waals surface area contributed by atoms with E-state index in [1.54, 1.807) is 0 Å². The zero-order chi connectivity index (χ0) is 9.26. The molecule has 0 fully saturated rings. The number of benzene rings is 1. The maximum absolute atomic E-state index is 4.42. The maximum atomic E-state index is 4.42. The minimum absolute atomic E-state index is 0.222. The predicted octanol–water partition coefficient (Wildman–Crippen LogP) is 3.32. The van der Waals surface area contributed by atoms with E-state index in [4.69, 9.17) is 0 Å². The van der Waals surface area contributed by atoms with E-state index in [-0.39, 0.29) is 4.95 Å². The highest BCUT2D eigenvalue weighted by molar-refractivity contribution is 9.11. The lowest BCUT2D eigenvalue weighted by atomic mass is 10.3. The molecule has 0 bridgehead atoms. The smallest absolute Gasteiger partial charge is 0.116 e. The Bertz CT molecular complexity index is 378. The van der Waals surface area contributed by atoms with Crippen LogP contribution in [-0.2, 0) is 0 Å². The largest absolute Gasteiger partial charge is 0.257 e. The molecule has 1 aromatic heterocycles. The van der Waals surface area contributed by atoms with Crippen molar-refractivity contribution < 1.29 is 0 Å². The van der Waals surface area contributed by atoms with Gasteiger partial charge in [-0.1, -0.05) is 50.1 Å². The van der Waals surface area contributed by atoms with Crippen LogP contribution in [0.2, 0.25) is 0 Å². The third-order valence-corrected chi connectivity index (χ3v) is 4.07. The summed E-state index contributed by atoms with van der Waals surface area (Å²) in [6.45, 7) is 0. The Hall–Kier alpha value is -0.350. The van der Waals surface area contributed by atoms with Crippen LogP contribution in [0.4, 0.5) is 0 Å². The van der Waals surface area contributed by atoms with Crippen LogP contribution in [0.1, 0.15) is 4.95 Å². The predicted molar refractivity (Wildman–Crippen MR) is 61.5 cm³/mol. The van der Waals surface area contributed by atoms with Crippen molar-refractivity contribution >= 4 is 42.8 Å². The zero-order valence-electron chi connectivity index (χ0n) is 6.82. The molecular weight excluding hydrogens is 296 g/mol. The first-order valence-electron chi connectivity index (χ1n) is 3.95. The maximum Gasteiger partial charge on any atom is 0.116 e. The molecule has 0 aliphatic rings. The minimum atomic E-state index is 0.222. The van der Waals surface area contributed by atoms with E-state index in [2.05, 4.69) is 43.0 Å². The van der Waals surface area contributed by atoms with Gasteiger partial charge in [0.25, 0.3) is 0 Å². The summed E-state index contributed by atoms with van der Waals surface area (Å²) < 4.78 is 1.92. The zero-order valence-corrected chi connectivity index (χ0v) is 9.99. The van der Waals surface area contributed by atoms with Gasteiger partial charge in [0.15, 0.2) is 0 Å². The number of hydrogen-bond donors (Lipinski definition) is 0. The van der Waals surface area contributed by atoms with E-state index in [1.165, 1.54) is 5.39 Å². The molecule has 0 unspecified atom stereocenters. The summed E-state index contributed by atoms with van der Waals surface area (Å²) >= 11 is 6.92. The number of aromatic nitrogens is 2. The van der Waals surface area contributed by atoms with E-state index < -0.39 is 0 Å². The van der Waals surface area contributed by atoms with Crippen LogP contribution in [0.5, 0.6) is 0 Å². The van der Waals surface area contributed by atoms with Crippen LogP contribution in [0.25, 0.3) is 10.9 Å². The van der Waals surface area contributed by atoms with Gasteiger partial charge >= 0.3 is 0 Å². The number of hydrogen-bond acceptors (Lipinski definition) is 1. The average Bonchev–Trinajstić information content (AvgIpc) is 2.59. The first kappa shape index (κ1) is 9.21. The molecule has 0 N–H and O–H groups in total. The Labute approximate surface area is 93.2 Å². The van der Waals surface area contributed by atoms with E-state index in [0.29, 0.717) is 0 Å². The molecule has 0 aliphatic carbocycles. The highest BCUT2D eigenvalue weighted by atomic mass is 79.9. The minimum Gasteiger partial charge on any atom is -0.257 e. The molecule has 68 valence electrons. The van der Waals surface area contributed by atoms with E-state index >= 15 is 0 Å². The fourth-order valence-electron chi connectivity index (χ4n) is 1.20. The molecule has 0 saturated carbocycles. The Balaban J connectivity index is 2.49. The van der Waals surface area contributed by atoms with Crippen LogP contribution < -0.4 is 0 Å². The SMILES string of the molecule is BrC[C@@H](Br)n1cc2ccccc2n1. The Morgan fingerprint density at radius 1 is 1.38 bits per heavy atom. The molecule has 2 rings (SSSR count). The molecule has 2 aromatic rings. The molecule has 1 aromatic carbocycles. The average molecular weight is 304 g/mol. The van der Waals surface area contributed by atoms with E-state index in [9.17, 15) is 0 Å². The summed E-state index contributed by atoms with van der Waals surface area (Å²) in [4.78, 5) is 0.222. The molecular formula is C9H8Br2N2. The fraction of sp³-hybridized carbons (Fsp3) is 0.222. The van der Waals surface area contributed by atoms with Gasteiger partial charge in [0.2, 0.25) is 0 Å². The van der Waals surface area contributed by atoms with Crippen molar-refractivity contribution in [1.29, 1.82) is 0 Å². The first-order chi connectivity index (χ1) is 6.31. The van der Waals surface area contributed by atoms with Gasteiger partial charge in [-0.2, -0.15) is 5.10 Å². The lowest BCUT2D eigenvalue weighted by molar-refractivity contribution is 0.670. The monoisotopic (exact) mass is 302 g/mol. The van der Waals surface area contributed by atoms with E-state index in [1.807, 2.05) is 29.1 Å². The molecule has 1 heterocycles. The van der Waals surface area contributed by atoms with Gasteiger partial charge in [-0.25, -0.2) is 0 Å². The molecule has 0 aliphatic heterocycles. The quantitative estimate of drug-likeness (QED) is 0.778. The standard InChI is InChI=1S/C9H8Br2N2/c10-5-9(11)13-6-7-3-1-2-4-8(7)12-13/h1-4,6,9H,5H2/t9-/m0/s1. The van der Waals surface area contributed by atoms with Crippen molar-refractivity contribution in [1.82, 2.24) is 9.78 Å². The van der Waals surface area contributed by atoms with Gasteiger partial charge in [-0.15, -0.1) is 0 Å². The summed E-state index contributed by atoms with van der Waals surface area (Å²) in [5.41, 5.74) is 1.04. The third-order valence-electron chi connectivity index (χ3n) is 1.85. The molecule has 1 atom stereocenters. The lowest BCUT2D eigenvalue weighted by Gasteiger charge is -2.04. The van der Waals surface area contributed by atoms with Crippen molar-refractivity contribution in [2.24, 2.45) is 0 Å². The second-order valence-corrected chi connectivity index (χ2v) is 4.46. The summed E-state index contributed by atoms with van der Waals surface area (Å²) in [6, 6.07) is 8.09. The number of fused-ring (bicyclic) bond motifs is 1. The van der Waals surface area contributed by atoms with Crippen LogP contribution in [0, 0.1) is 0 Å². The van der Waals surface area contributed by atoms with Crippen molar-refractivity contribution in [3.8, 4) is 0 Å². The summed E-state index contributed by atoms with van der Waals surface area (Å²) in [6.07, 6.45) is 2.04. The third kappa shape index (κ3) is 1.79. The molecule has 0 radical (unpaired) electrons. The summed E-state index contributed by atoms with van der Waals surface area (Å²) in [5.74, 6) is 0. The van der Waals surface area contributed by atoms with Crippen LogP contribution in [0.15, 0.2) is 30.5 Å². The van der Waals surface area contributed by atoms with Gasteiger partial charge in [0, 0.05) is 16.9 Å². The van der Waals surface area contributed by atoms with E-state index in [0.717, 1.165) is 10.8 Å². The molecule has 0 saturated heterocycles. The number of rotatable bonds is 2. The topological polar surface area (TPSA) is 17.8 Å². The van der Waals surface area contributed by atoms with Gasteiger partial charge in [0.05, 0.1) is 5.52 Å². The molecule has 4 heteroatoms. The van der Waals surface area contributed by atoms with Crippen molar-refractivity contribution in [2.75, 3.05) is 5.33 Å².